The van der Waals surface area contributed by atoms with Crippen LogP contribution < -0.4 is 55.3 Å². The van der Waals surface area contributed by atoms with Crippen molar-refractivity contribution in [3.05, 3.63) is 0 Å². The average molecular weight is 737 g/mol. The van der Waals surface area contributed by atoms with E-state index in [2.05, 4.69) is 51.8 Å². The van der Waals surface area contributed by atoms with E-state index in [1.165, 1.54) is 0 Å². The van der Waals surface area contributed by atoms with Gasteiger partial charge in [0.25, 0.3) is 0 Å². The van der Waals surface area contributed by atoms with Gasteiger partial charge in [-0.15, -0.1) is 0 Å². The normalized spacial score (nSPS) is 14.3. The van der Waals surface area contributed by atoms with Crippen LogP contribution in [0.15, 0.2) is 0 Å². The van der Waals surface area contributed by atoms with E-state index in [1.54, 1.807) is 0 Å². The predicted molar refractivity (Wildman–Crippen MR) is 177 cm³/mol. The van der Waals surface area contributed by atoms with Gasteiger partial charge in [0.05, 0.1) is 6.04 Å². The van der Waals surface area contributed by atoms with E-state index in [4.69, 9.17) is 28.7 Å². The molecule has 6 atom stereocenters. The number of nitrogens with two attached hydrogens (primary N) is 5. The fourth-order valence-electron chi connectivity index (χ4n) is 3.86. The van der Waals surface area contributed by atoms with Crippen molar-refractivity contribution in [1.82, 2.24) is 26.6 Å². The van der Waals surface area contributed by atoms with E-state index in [-0.39, 0.29) is 24.3 Å². The Morgan fingerprint density at radius 2 is 0.694 bits per heavy atom. The summed E-state index contributed by atoms with van der Waals surface area (Å²) in [6, 6.07) is -8.85. The summed E-state index contributed by atoms with van der Waals surface area (Å²) in [4.78, 5) is 122. The fraction of sp³-hybridized carbons (Fsp3) is 0.615. The Bertz CT molecular complexity index is 1260. The molecule has 276 valence electrons. The highest BCUT2D eigenvalue weighted by Crippen LogP contribution is 2.07. The number of hydrogen-bond donors (Lipinski definition) is 13. The molecule has 0 fully saturated rings. The van der Waals surface area contributed by atoms with Gasteiger partial charge >= 0.3 is 5.97 Å². The quantitative estimate of drug-likeness (QED) is 0.0389. The first kappa shape index (κ1) is 44.4. The molecule has 0 heterocycles. The average Bonchev–Trinajstić information content (AvgIpc) is 3.02. The zero-order valence-corrected chi connectivity index (χ0v) is 28.1. The third kappa shape index (κ3) is 18.5. The number of carbonyl (C=O) groups excluding carboxylic acids is 9. The third-order valence-electron chi connectivity index (χ3n) is 6.58. The summed E-state index contributed by atoms with van der Waals surface area (Å²) in [7, 11) is 0. The van der Waals surface area contributed by atoms with E-state index in [9.17, 15) is 53.1 Å². The summed E-state index contributed by atoms with van der Waals surface area (Å²) < 4.78 is 0. The summed E-state index contributed by atoms with van der Waals surface area (Å²) in [5.74, 6) is -10.4. The monoisotopic (exact) mass is 736 g/mol. The number of carbonyl (C=O) groups is 10. The number of thiol groups is 2. The highest BCUT2D eigenvalue weighted by molar-refractivity contribution is 7.80. The zero-order chi connectivity index (χ0) is 37.8. The minimum absolute atomic E-state index is 0.102. The lowest BCUT2D eigenvalue weighted by Crippen LogP contribution is -2.59. The van der Waals surface area contributed by atoms with Crippen LogP contribution in [-0.4, -0.2) is 112 Å². The fourth-order valence-corrected chi connectivity index (χ4v) is 4.27. The first-order valence-corrected chi connectivity index (χ1v) is 15.9. The maximum Gasteiger partial charge on any atom is 0.327 e. The van der Waals surface area contributed by atoms with Gasteiger partial charge in [0.15, 0.2) is 0 Å². The molecule has 0 aliphatic heterocycles. The van der Waals surface area contributed by atoms with Crippen LogP contribution in [-0.2, 0) is 47.9 Å². The first-order valence-electron chi connectivity index (χ1n) is 14.7. The Morgan fingerprint density at radius 3 is 0.898 bits per heavy atom. The van der Waals surface area contributed by atoms with Crippen LogP contribution in [0.3, 0.4) is 0 Å². The maximum absolute atomic E-state index is 13.4. The van der Waals surface area contributed by atoms with Crippen LogP contribution in [0.1, 0.15) is 51.4 Å². The molecule has 0 saturated heterocycles. The molecule has 0 unspecified atom stereocenters. The molecule has 16 N–H and O–H groups in total. The molecule has 9 amide bonds. The molecule has 0 aliphatic carbocycles. The molecule has 0 aromatic rings. The molecule has 0 aromatic carbocycles. The minimum atomic E-state index is -1.63. The SMILES string of the molecule is NC(=O)CC[C@H](NC(=O)[C@H](CCC(N)=O)NC(=O)[C@H](CCC(N)=O)NC(=O)[C@H](CCC(N)=O)NC(=O)[C@@H](N)CS)C(=O)N[C@@H](CS)C(=O)O. The Hall–Kier alpha value is -4.64. The predicted octanol–water partition coefficient (Wildman–Crippen LogP) is -6.26. The molecule has 49 heavy (non-hydrogen) atoms. The van der Waals surface area contributed by atoms with Gasteiger partial charge in [0.1, 0.15) is 30.2 Å². The van der Waals surface area contributed by atoms with Crippen molar-refractivity contribution in [2.24, 2.45) is 28.7 Å². The van der Waals surface area contributed by atoms with Crippen molar-refractivity contribution in [1.29, 1.82) is 0 Å². The van der Waals surface area contributed by atoms with Crippen LogP contribution in [0.5, 0.6) is 0 Å². The summed E-state index contributed by atoms with van der Waals surface area (Å²) in [6.07, 6.45) is -3.29. The zero-order valence-electron chi connectivity index (χ0n) is 26.3. The highest BCUT2D eigenvalue weighted by atomic mass is 32.1. The van der Waals surface area contributed by atoms with Crippen LogP contribution in [0, 0.1) is 0 Å². The molecular weight excluding hydrogens is 692 g/mol. The summed E-state index contributed by atoms with van der Waals surface area (Å²) >= 11 is 7.76. The van der Waals surface area contributed by atoms with Crippen molar-refractivity contribution in [3.8, 4) is 0 Å². The van der Waals surface area contributed by atoms with Crippen LogP contribution in [0.25, 0.3) is 0 Å². The van der Waals surface area contributed by atoms with Gasteiger partial charge in [-0.1, -0.05) is 0 Å². The molecule has 0 aromatic heterocycles. The summed E-state index contributed by atoms with van der Waals surface area (Å²) in [5, 5.41) is 20.6. The topological polar surface area (TPSA) is 381 Å². The molecule has 0 rings (SSSR count). The van der Waals surface area contributed by atoms with Gasteiger partial charge in [-0.25, -0.2) is 4.79 Å². The number of carboxylic acid groups (broad SMARTS) is 1. The van der Waals surface area contributed by atoms with E-state index in [0.717, 1.165) is 0 Å². The number of aliphatic carboxylic acids is 1. The smallest absolute Gasteiger partial charge is 0.327 e. The summed E-state index contributed by atoms with van der Waals surface area (Å²) in [6.45, 7) is 0. The number of nitrogens with one attached hydrogen (secondary N) is 5. The second-order valence-corrected chi connectivity index (χ2v) is 11.4. The van der Waals surface area contributed by atoms with Crippen molar-refractivity contribution in [3.63, 3.8) is 0 Å². The van der Waals surface area contributed by atoms with E-state index in [0.29, 0.717) is 0 Å². The molecule has 21 nitrogen and oxygen atoms in total. The summed E-state index contributed by atoms with van der Waals surface area (Å²) in [5.41, 5.74) is 26.4. The lowest BCUT2D eigenvalue weighted by atomic mass is 10.0. The van der Waals surface area contributed by atoms with Crippen LogP contribution in [0.4, 0.5) is 0 Å². The van der Waals surface area contributed by atoms with E-state index >= 15 is 0 Å². The number of rotatable bonds is 25. The second kappa shape index (κ2) is 22.8. The van der Waals surface area contributed by atoms with E-state index in [1.807, 2.05) is 0 Å². The molecule has 0 saturated carbocycles. The Balaban J connectivity index is 6.30. The second-order valence-electron chi connectivity index (χ2n) is 10.6. The van der Waals surface area contributed by atoms with E-state index < -0.39 is 134 Å². The van der Waals surface area contributed by atoms with Crippen LogP contribution >= 0.6 is 25.3 Å². The molecule has 0 radical (unpaired) electrons. The minimum Gasteiger partial charge on any atom is -0.480 e. The molecule has 23 heteroatoms. The lowest BCUT2D eigenvalue weighted by molar-refractivity contribution is -0.141. The van der Waals surface area contributed by atoms with Gasteiger partial charge in [0, 0.05) is 37.2 Å². The van der Waals surface area contributed by atoms with Gasteiger partial charge in [-0.2, -0.15) is 25.3 Å². The lowest BCUT2D eigenvalue weighted by Gasteiger charge is -2.27. The largest absolute Gasteiger partial charge is 0.480 e. The van der Waals surface area contributed by atoms with Gasteiger partial charge in [-0.3, -0.25) is 43.2 Å². The van der Waals surface area contributed by atoms with Crippen molar-refractivity contribution in [2.75, 3.05) is 11.5 Å². The number of carboxylic acids is 1. The number of hydrogen-bond acceptors (Lipinski definition) is 13. The molecule has 0 bridgehead atoms. The van der Waals surface area contributed by atoms with Gasteiger partial charge in [-0.05, 0) is 25.7 Å². The number of amides is 9. The van der Waals surface area contributed by atoms with Crippen molar-refractivity contribution in [2.45, 2.75) is 87.6 Å². The van der Waals surface area contributed by atoms with Gasteiger partial charge in [0.2, 0.25) is 53.2 Å². The standard InChI is InChI=1S/C26H44N10O11S2/c27-11(9-48)21(41)32-12(1-5-17(28)37)22(42)33-13(2-6-18(29)38)23(43)34-14(3-7-19(30)39)24(44)35-15(4-8-20(31)40)25(45)36-16(10-49)26(46)47/h11-16,48-49H,1-10,27H2,(H2,28,37)(H2,29,38)(H2,30,39)(H2,31,40)(H,32,41)(H,33,42)(H,34,43)(H,35,44)(H,36,45)(H,46,47)/t11-,12-,13-,14-,15-,16-/m0/s1. The Labute approximate surface area is 291 Å². The molecular formula is C26H44N10O11S2. The van der Waals surface area contributed by atoms with Crippen LogP contribution in [0.2, 0.25) is 0 Å². The first-order chi connectivity index (χ1) is 22.8. The third-order valence-corrected chi connectivity index (χ3v) is 7.34. The van der Waals surface area contributed by atoms with Crippen molar-refractivity contribution < 1.29 is 53.1 Å². The number of primary amides is 4. The van der Waals surface area contributed by atoms with Gasteiger partial charge < -0.3 is 60.4 Å². The molecule has 0 spiro atoms. The Kier molecular flexibility index (Phi) is 20.7. The van der Waals surface area contributed by atoms with Crippen molar-refractivity contribution >= 4 is 84.4 Å². The maximum atomic E-state index is 13.4. The Morgan fingerprint density at radius 1 is 0.449 bits per heavy atom. The highest BCUT2D eigenvalue weighted by Gasteiger charge is 2.33. The molecule has 0 aliphatic rings.